The molecule has 0 bridgehead atoms. The topological polar surface area (TPSA) is 67.7 Å². The van der Waals surface area contributed by atoms with E-state index in [2.05, 4.69) is 16.8 Å². The summed E-state index contributed by atoms with van der Waals surface area (Å²) in [5.41, 5.74) is 1.67. The molecule has 1 fully saturated rings. The van der Waals surface area contributed by atoms with E-state index in [1.54, 1.807) is 23.9 Å². The molecule has 0 atom stereocenters. The molecule has 2 aromatic heterocycles. The summed E-state index contributed by atoms with van der Waals surface area (Å²) >= 11 is 0. The number of amides is 1. The Hall–Kier alpha value is -2.25. The predicted octanol–water partition coefficient (Wildman–Crippen LogP) is 1.52. The minimum absolute atomic E-state index is 0.0373. The molecular formula is C20H28N4O3. The molecule has 27 heavy (non-hydrogen) atoms. The number of rotatable bonds is 6. The number of nitrogens with zero attached hydrogens (tertiary/aromatic N) is 4. The number of carbonyl (C=O) groups is 1. The molecule has 0 spiro atoms. The van der Waals surface area contributed by atoms with Crippen LogP contribution in [0.5, 0.6) is 0 Å². The van der Waals surface area contributed by atoms with Crippen LogP contribution in [0.25, 0.3) is 10.9 Å². The third-order valence-corrected chi connectivity index (χ3v) is 5.11. The van der Waals surface area contributed by atoms with Gasteiger partial charge in [-0.25, -0.2) is 0 Å². The number of aryl methyl sites for hydroxylation is 1. The molecule has 3 heterocycles. The summed E-state index contributed by atoms with van der Waals surface area (Å²) in [6.07, 6.45) is 2.85. The number of piperazine rings is 1. The molecule has 0 radical (unpaired) electrons. The summed E-state index contributed by atoms with van der Waals surface area (Å²) in [7, 11) is 1.61. The second-order valence-electron chi connectivity index (χ2n) is 7.00. The van der Waals surface area contributed by atoms with E-state index in [0.717, 1.165) is 26.1 Å². The first-order chi connectivity index (χ1) is 13.0. The number of methoxy groups -OCH3 is 1. The standard InChI is InChI=1S/C20H28N4O3/c1-4-6-22-8-10-24(11-9-22)19(25)16-14-17-18(21-15(16)2)5-7-23(20(17)26)12-13-27-3/h5,7,14H,4,6,8-13H2,1-3H3. The van der Waals surface area contributed by atoms with Gasteiger partial charge in [0.1, 0.15) is 0 Å². The molecule has 1 amide bonds. The van der Waals surface area contributed by atoms with Crippen molar-refractivity contribution >= 4 is 16.8 Å². The van der Waals surface area contributed by atoms with Crippen molar-refractivity contribution in [1.29, 1.82) is 0 Å². The second kappa shape index (κ2) is 8.63. The molecule has 0 saturated carbocycles. The second-order valence-corrected chi connectivity index (χ2v) is 7.00. The maximum Gasteiger partial charge on any atom is 0.260 e. The van der Waals surface area contributed by atoms with Gasteiger partial charge in [0.05, 0.1) is 28.8 Å². The Morgan fingerprint density at radius 1 is 1.22 bits per heavy atom. The van der Waals surface area contributed by atoms with Crippen molar-refractivity contribution < 1.29 is 9.53 Å². The van der Waals surface area contributed by atoms with Gasteiger partial charge in [-0.1, -0.05) is 6.92 Å². The van der Waals surface area contributed by atoms with Crippen LogP contribution in [-0.4, -0.2) is 71.7 Å². The minimum atomic E-state index is -0.140. The maximum atomic E-state index is 13.0. The first kappa shape index (κ1) is 19.5. The highest BCUT2D eigenvalue weighted by atomic mass is 16.5. The Kier molecular flexibility index (Phi) is 6.23. The molecule has 2 aromatic rings. The number of aromatic nitrogens is 2. The average Bonchev–Trinajstić information content (AvgIpc) is 2.67. The van der Waals surface area contributed by atoms with Crippen molar-refractivity contribution in [2.75, 3.05) is 46.4 Å². The van der Waals surface area contributed by atoms with Crippen molar-refractivity contribution in [3.63, 3.8) is 0 Å². The average molecular weight is 372 g/mol. The summed E-state index contributed by atoms with van der Waals surface area (Å²) < 4.78 is 6.66. The number of hydrogen-bond acceptors (Lipinski definition) is 5. The molecule has 7 nitrogen and oxygen atoms in total. The van der Waals surface area contributed by atoms with E-state index in [-0.39, 0.29) is 11.5 Å². The quantitative estimate of drug-likeness (QED) is 0.769. The minimum Gasteiger partial charge on any atom is -0.383 e. The molecule has 0 unspecified atom stereocenters. The number of ether oxygens (including phenoxy) is 1. The number of hydrogen-bond donors (Lipinski definition) is 0. The summed E-state index contributed by atoms with van der Waals surface area (Å²) in [5.74, 6) is -0.0373. The van der Waals surface area contributed by atoms with Crippen molar-refractivity contribution in [3.8, 4) is 0 Å². The Morgan fingerprint density at radius 2 is 1.96 bits per heavy atom. The smallest absolute Gasteiger partial charge is 0.260 e. The molecule has 0 N–H and O–H groups in total. The van der Waals surface area contributed by atoms with E-state index >= 15 is 0 Å². The molecule has 146 valence electrons. The SMILES string of the molecule is CCCN1CCN(C(=O)c2cc3c(=O)n(CCOC)ccc3nc2C)CC1. The van der Waals surface area contributed by atoms with E-state index in [0.29, 0.717) is 48.4 Å². The summed E-state index contributed by atoms with van der Waals surface area (Å²) in [4.78, 5) is 34.5. The van der Waals surface area contributed by atoms with Gasteiger partial charge in [-0.05, 0) is 32.0 Å². The normalized spacial score (nSPS) is 15.4. The lowest BCUT2D eigenvalue weighted by atomic mass is 10.1. The van der Waals surface area contributed by atoms with Crippen molar-refractivity contribution in [2.45, 2.75) is 26.8 Å². The van der Waals surface area contributed by atoms with Gasteiger partial charge in [0.15, 0.2) is 0 Å². The van der Waals surface area contributed by atoms with Gasteiger partial charge < -0.3 is 14.2 Å². The summed E-state index contributed by atoms with van der Waals surface area (Å²) in [6, 6.07) is 3.53. The molecule has 0 aromatic carbocycles. The molecule has 7 heteroatoms. The molecular weight excluding hydrogens is 344 g/mol. The molecule has 1 aliphatic rings. The van der Waals surface area contributed by atoms with E-state index < -0.39 is 0 Å². The van der Waals surface area contributed by atoms with Crippen molar-refractivity contribution in [2.24, 2.45) is 0 Å². The Morgan fingerprint density at radius 3 is 2.63 bits per heavy atom. The number of pyridine rings is 2. The maximum absolute atomic E-state index is 13.0. The van der Waals surface area contributed by atoms with Crippen molar-refractivity contribution in [3.05, 3.63) is 39.9 Å². The fourth-order valence-electron chi connectivity index (χ4n) is 3.55. The highest BCUT2D eigenvalue weighted by Gasteiger charge is 2.24. The van der Waals surface area contributed by atoms with Crippen LogP contribution in [0.15, 0.2) is 23.1 Å². The molecule has 1 saturated heterocycles. The number of carbonyl (C=O) groups excluding carboxylic acids is 1. The lowest BCUT2D eigenvalue weighted by molar-refractivity contribution is 0.0636. The molecule has 3 rings (SSSR count). The Labute approximate surface area is 159 Å². The van der Waals surface area contributed by atoms with Crippen LogP contribution in [0.2, 0.25) is 0 Å². The highest BCUT2D eigenvalue weighted by molar-refractivity contribution is 5.98. The molecule has 0 aliphatic carbocycles. The van der Waals surface area contributed by atoms with Gasteiger partial charge in [-0.3, -0.25) is 19.5 Å². The van der Waals surface area contributed by atoms with Crippen LogP contribution >= 0.6 is 0 Å². The van der Waals surface area contributed by atoms with E-state index in [9.17, 15) is 9.59 Å². The van der Waals surface area contributed by atoms with Crippen LogP contribution in [0.4, 0.5) is 0 Å². The van der Waals surface area contributed by atoms with Crippen LogP contribution < -0.4 is 5.56 Å². The Bertz CT molecular complexity index is 869. The fourth-order valence-corrected chi connectivity index (χ4v) is 3.55. The summed E-state index contributed by atoms with van der Waals surface area (Å²) in [5, 5.41) is 0.479. The first-order valence-electron chi connectivity index (χ1n) is 9.56. The Balaban J connectivity index is 1.87. The zero-order valence-electron chi connectivity index (χ0n) is 16.4. The fraction of sp³-hybridized carbons (Fsp3) is 0.550. The van der Waals surface area contributed by atoms with E-state index in [4.69, 9.17) is 4.74 Å². The van der Waals surface area contributed by atoms with Gasteiger partial charge in [0.2, 0.25) is 0 Å². The third-order valence-electron chi connectivity index (χ3n) is 5.11. The van der Waals surface area contributed by atoms with Crippen molar-refractivity contribution in [1.82, 2.24) is 19.4 Å². The highest BCUT2D eigenvalue weighted by Crippen LogP contribution is 2.17. The van der Waals surface area contributed by atoms with Crippen LogP contribution in [0.3, 0.4) is 0 Å². The lowest BCUT2D eigenvalue weighted by Crippen LogP contribution is -2.48. The van der Waals surface area contributed by atoms with Gasteiger partial charge in [-0.15, -0.1) is 0 Å². The van der Waals surface area contributed by atoms with Crippen LogP contribution in [-0.2, 0) is 11.3 Å². The zero-order chi connectivity index (χ0) is 19.4. The molecule has 1 aliphatic heterocycles. The van der Waals surface area contributed by atoms with Gasteiger partial charge in [0.25, 0.3) is 11.5 Å². The van der Waals surface area contributed by atoms with Crippen LogP contribution in [0, 0.1) is 6.92 Å². The lowest BCUT2D eigenvalue weighted by Gasteiger charge is -2.34. The largest absolute Gasteiger partial charge is 0.383 e. The monoisotopic (exact) mass is 372 g/mol. The van der Waals surface area contributed by atoms with Gasteiger partial charge >= 0.3 is 0 Å². The third kappa shape index (κ3) is 4.20. The van der Waals surface area contributed by atoms with E-state index in [1.807, 2.05) is 17.9 Å². The first-order valence-corrected chi connectivity index (χ1v) is 9.56. The van der Waals surface area contributed by atoms with Crippen LogP contribution in [0.1, 0.15) is 29.4 Å². The number of fused-ring (bicyclic) bond motifs is 1. The predicted molar refractivity (Wildman–Crippen MR) is 105 cm³/mol. The van der Waals surface area contributed by atoms with Gasteiger partial charge in [0, 0.05) is 46.0 Å². The zero-order valence-corrected chi connectivity index (χ0v) is 16.4. The summed E-state index contributed by atoms with van der Waals surface area (Å²) in [6.45, 7) is 9.21. The van der Waals surface area contributed by atoms with Gasteiger partial charge in [-0.2, -0.15) is 0 Å². The van der Waals surface area contributed by atoms with E-state index in [1.165, 1.54) is 0 Å².